The fourth-order valence-corrected chi connectivity index (χ4v) is 3.72. The summed E-state index contributed by atoms with van der Waals surface area (Å²) in [7, 11) is 0. The van der Waals surface area contributed by atoms with Gasteiger partial charge in [0.2, 0.25) is 5.91 Å². The van der Waals surface area contributed by atoms with Crippen molar-refractivity contribution in [3.05, 3.63) is 29.8 Å². The van der Waals surface area contributed by atoms with Crippen LogP contribution in [0.25, 0.3) is 0 Å². The van der Waals surface area contributed by atoms with Gasteiger partial charge >= 0.3 is 0 Å². The Hall–Kier alpha value is -1.00. The van der Waals surface area contributed by atoms with Gasteiger partial charge in [0.15, 0.2) is 0 Å². The summed E-state index contributed by atoms with van der Waals surface area (Å²) >= 11 is 1.85. The SMILES string of the molecule is CSCCc1ccc(NC(=O)CC2(CN)CCCCC2)cc1. The van der Waals surface area contributed by atoms with E-state index in [1.54, 1.807) is 0 Å². The molecule has 3 N–H and O–H groups in total. The minimum atomic E-state index is 0.0284. The summed E-state index contributed by atoms with van der Waals surface area (Å²) in [6.07, 6.45) is 9.61. The molecule has 1 aromatic carbocycles. The van der Waals surface area contributed by atoms with Gasteiger partial charge in [0.05, 0.1) is 0 Å². The van der Waals surface area contributed by atoms with Crippen LogP contribution >= 0.6 is 11.8 Å². The zero-order chi connectivity index (χ0) is 15.8. The average Bonchev–Trinajstić information content (AvgIpc) is 2.55. The number of carbonyl (C=O) groups is 1. The summed E-state index contributed by atoms with van der Waals surface area (Å²) in [4.78, 5) is 12.3. The molecule has 2 rings (SSSR count). The van der Waals surface area contributed by atoms with Gasteiger partial charge < -0.3 is 11.1 Å². The van der Waals surface area contributed by atoms with Crippen molar-refractivity contribution in [1.82, 2.24) is 0 Å². The first-order valence-electron chi connectivity index (χ1n) is 8.25. The molecule has 22 heavy (non-hydrogen) atoms. The molecule has 0 saturated heterocycles. The van der Waals surface area contributed by atoms with Crippen LogP contribution in [0.4, 0.5) is 5.69 Å². The van der Waals surface area contributed by atoms with Gasteiger partial charge in [-0.05, 0) is 60.9 Å². The maximum atomic E-state index is 12.3. The molecule has 0 atom stereocenters. The van der Waals surface area contributed by atoms with E-state index in [2.05, 4.69) is 23.7 Å². The van der Waals surface area contributed by atoms with E-state index in [1.807, 2.05) is 23.9 Å². The smallest absolute Gasteiger partial charge is 0.224 e. The van der Waals surface area contributed by atoms with Crippen LogP contribution in [-0.4, -0.2) is 24.5 Å². The van der Waals surface area contributed by atoms with Gasteiger partial charge in [-0.3, -0.25) is 4.79 Å². The van der Waals surface area contributed by atoms with Crippen LogP contribution < -0.4 is 11.1 Å². The number of thioether (sulfide) groups is 1. The first-order chi connectivity index (χ1) is 10.7. The van der Waals surface area contributed by atoms with Crippen LogP contribution in [0.3, 0.4) is 0 Å². The van der Waals surface area contributed by atoms with Crippen LogP contribution in [0.1, 0.15) is 44.1 Å². The Kier molecular flexibility index (Phi) is 6.77. The minimum Gasteiger partial charge on any atom is -0.330 e. The molecule has 1 fully saturated rings. The lowest BCUT2D eigenvalue weighted by Crippen LogP contribution is -2.36. The van der Waals surface area contributed by atoms with Crippen molar-refractivity contribution in [2.75, 3.05) is 23.9 Å². The third-order valence-corrected chi connectivity index (χ3v) is 5.33. The standard InChI is InChI=1S/C18H28N2OS/c1-22-12-9-15-5-7-16(8-6-15)20-17(21)13-18(14-19)10-3-2-4-11-18/h5-8H,2-4,9-14,19H2,1H3,(H,20,21). The molecule has 0 aromatic heterocycles. The van der Waals surface area contributed by atoms with E-state index in [9.17, 15) is 4.79 Å². The Labute approximate surface area is 138 Å². The van der Waals surface area contributed by atoms with Gasteiger partial charge in [-0.2, -0.15) is 11.8 Å². The predicted molar refractivity (Wildman–Crippen MR) is 96.3 cm³/mol. The van der Waals surface area contributed by atoms with Gasteiger partial charge in [0, 0.05) is 12.1 Å². The molecule has 1 amide bonds. The minimum absolute atomic E-state index is 0.0284. The van der Waals surface area contributed by atoms with E-state index in [0.717, 1.165) is 30.7 Å². The Morgan fingerprint density at radius 1 is 1.23 bits per heavy atom. The van der Waals surface area contributed by atoms with Gasteiger partial charge in [-0.1, -0.05) is 31.4 Å². The summed E-state index contributed by atoms with van der Waals surface area (Å²) < 4.78 is 0. The van der Waals surface area contributed by atoms with Crippen LogP contribution in [0.15, 0.2) is 24.3 Å². The lowest BCUT2D eigenvalue weighted by Gasteiger charge is -2.35. The number of anilines is 1. The lowest BCUT2D eigenvalue weighted by atomic mass is 9.71. The number of amides is 1. The monoisotopic (exact) mass is 320 g/mol. The van der Waals surface area contributed by atoms with E-state index >= 15 is 0 Å². The number of benzene rings is 1. The highest BCUT2D eigenvalue weighted by Crippen LogP contribution is 2.38. The van der Waals surface area contributed by atoms with Gasteiger partial charge in [0.25, 0.3) is 0 Å². The van der Waals surface area contributed by atoms with E-state index in [-0.39, 0.29) is 11.3 Å². The molecule has 0 heterocycles. The zero-order valence-electron chi connectivity index (χ0n) is 13.6. The second kappa shape index (κ2) is 8.59. The fraction of sp³-hybridized carbons (Fsp3) is 0.611. The van der Waals surface area contributed by atoms with Gasteiger partial charge in [-0.15, -0.1) is 0 Å². The summed E-state index contributed by atoms with van der Waals surface area (Å²) in [5, 5.41) is 3.03. The molecule has 4 heteroatoms. The fourth-order valence-electron chi connectivity index (χ4n) is 3.28. The number of nitrogens with one attached hydrogen (secondary N) is 1. The predicted octanol–water partition coefficient (Wildman–Crippen LogP) is 3.83. The third-order valence-electron chi connectivity index (χ3n) is 4.72. The highest BCUT2D eigenvalue weighted by Gasteiger charge is 2.32. The van der Waals surface area contributed by atoms with Gasteiger partial charge in [-0.25, -0.2) is 0 Å². The van der Waals surface area contributed by atoms with Crippen molar-refractivity contribution in [3.63, 3.8) is 0 Å². The third kappa shape index (κ3) is 5.03. The van der Waals surface area contributed by atoms with Crippen molar-refractivity contribution >= 4 is 23.4 Å². The molecule has 1 aliphatic rings. The maximum absolute atomic E-state index is 12.3. The number of hydrogen-bond acceptors (Lipinski definition) is 3. The molecule has 0 bridgehead atoms. The van der Waals surface area contributed by atoms with E-state index in [0.29, 0.717) is 13.0 Å². The van der Waals surface area contributed by atoms with E-state index < -0.39 is 0 Å². The van der Waals surface area contributed by atoms with E-state index in [1.165, 1.54) is 24.8 Å². The van der Waals surface area contributed by atoms with Crippen LogP contribution in [0, 0.1) is 5.41 Å². The normalized spacial score (nSPS) is 17.2. The average molecular weight is 321 g/mol. The van der Waals surface area contributed by atoms with Crippen molar-refractivity contribution < 1.29 is 4.79 Å². The second-order valence-electron chi connectivity index (χ2n) is 6.43. The molecular weight excluding hydrogens is 292 g/mol. The highest BCUT2D eigenvalue weighted by atomic mass is 32.2. The largest absolute Gasteiger partial charge is 0.330 e. The van der Waals surface area contributed by atoms with Crippen molar-refractivity contribution in [1.29, 1.82) is 0 Å². The summed E-state index contributed by atoms with van der Waals surface area (Å²) in [5.41, 5.74) is 8.20. The Balaban J connectivity index is 1.88. The molecule has 1 aliphatic carbocycles. The Bertz CT molecular complexity index is 466. The number of aryl methyl sites for hydroxylation is 1. The molecule has 0 radical (unpaired) electrons. The Morgan fingerprint density at radius 3 is 2.50 bits per heavy atom. The summed E-state index contributed by atoms with van der Waals surface area (Å²) in [6.45, 7) is 0.619. The summed E-state index contributed by atoms with van der Waals surface area (Å²) in [6, 6.07) is 8.21. The highest BCUT2D eigenvalue weighted by molar-refractivity contribution is 7.98. The number of carbonyl (C=O) groups excluding carboxylic acids is 1. The molecule has 0 aliphatic heterocycles. The number of nitrogens with two attached hydrogens (primary N) is 1. The quantitative estimate of drug-likeness (QED) is 0.803. The Morgan fingerprint density at radius 2 is 1.91 bits per heavy atom. The van der Waals surface area contributed by atoms with Crippen LogP contribution in [0.5, 0.6) is 0 Å². The first kappa shape index (κ1) is 17.4. The van der Waals surface area contributed by atoms with Crippen molar-refractivity contribution in [2.45, 2.75) is 44.9 Å². The topological polar surface area (TPSA) is 55.1 Å². The van der Waals surface area contributed by atoms with Crippen molar-refractivity contribution in [2.24, 2.45) is 11.1 Å². The molecule has 1 aromatic rings. The van der Waals surface area contributed by atoms with E-state index in [4.69, 9.17) is 5.73 Å². The van der Waals surface area contributed by atoms with Crippen LogP contribution in [-0.2, 0) is 11.2 Å². The lowest BCUT2D eigenvalue weighted by molar-refractivity contribution is -0.118. The van der Waals surface area contributed by atoms with Crippen LogP contribution in [0.2, 0.25) is 0 Å². The molecule has 3 nitrogen and oxygen atoms in total. The summed E-state index contributed by atoms with van der Waals surface area (Å²) in [5.74, 6) is 1.23. The first-order valence-corrected chi connectivity index (χ1v) is 9.65. The molecule has 122 valence electrons. The second-order valence-corrected chi connectivity index (χ2v) is 7.42. The number of rotatable bonds is 7. The van der Waals surface area contributed by atoms with Gasteiger partial charge in [0.1, 0.15) is 0 Å². The zero-order valence-corrected chi connectivity index (χ0v) is 14.4. The molecule has 0 unspecified atom stereocenters. The molecular formula is C18H28N2OS. The maximum Gasteiger partial charge on any atom is 0.224 e. The number of hydrogen-bond donors (Lipinski definition) is 2. The van der Waals surface area contributed by atoms with Crippen molar-refractivity contribution in [3.8, 4) is 0 Å². The molecule has 1 saturated carbocycles. The molecule has 0 spiro atoms.